The van der Waals surface area contributed by atoms with E-state index in [2.05, 4.69) is 59.6 Å². The monoisotopic (exact) mass is 550 g/mol. The zero-order valence-electron chi connectivity index (χ0n) is 23.6. The molecule has 0 saturated heterocycles. The Bertz CT molecular complexity index is 1480. The summed E-state index contributed by atoms with van der Waals surface area (Å²) in [7, 11) is 1.87. The third-order valence-electron chi connectivity index (χ3n) is 7.12. The molecule has 9 nitrogen and oxygen atoms in total. The SMILES string of the molecule is CCC(C)=CNC1=C(C)CN(C(=O)C2=NN=C(c3ccn(C)n3)C2CC)CC1.FC(F)c1cccc2ccnn12. The highest BCUT2D eigenvalue weighted by Crippen LogP contribution is 2.24. The third-order valence-corrected chi connectivity index (χ3v) is 7.12. The van der Waals surface area contributed by atoms with Crippen LogP contribution in [0, 0.1) is 5.92 Å². The number of carbonyl (C=O) groups is 1. The van der Waals surface area contributed by atoms with Crippen LogP contribution in [0.2, 0.25) is 0 Å². The number of nitrogens with one attached hydrogen (secondary N) is 1. The summed E-state index contributed by atoms with van der Waals surface area (Å²) in [6.07, 6.45) is 5.60. The van der Waals surface area contributed by atoms with Gasteiger partial charge < -0.3 is 10.2 Å². The summed E-state index contributed by atoms with van der Waals surface area (Å²) >= 11 is 0. The van der Waals surface area contributed by atoms with Gasteiger partial charge in [-0.2, -0.15) is 15.3 Å². The molecule has 2 aliphatic rings. The number of carbonyl (C=O) groups excluding carboxylic acids is 1. The maximum absolute atomic E-state index is 13.2. The highest BCUT2D eigenvalue weighted by molar-refractivity contribution is 6.45. The Labute approximate surface area is 233 Å². The lowest BCUT2D eigenvalue weighted by Gasteiger charge is -2.30. The molecule has 5 heterocycles. The molecule has 5 rings (SSSR count). The van der Waals surface area contributed by atoms with Crippen molar-refractivity contribution in [2.24, 2.45) is 23.2 Å². The van der Waals surface area contributed by atoms with Crippen molar-refractivity contribution in [3.63, 3.8) is 0 Å². The van der Waals surface area contributed by atoms with Crippen LogP contribution in [-0.4, -0.2) is 54.7 Å². The van der Waals surface area contributed by atoms with Crippen LogP contribution in [0.4, 0.5) is 8.78 Å². The van der Waals surface area contributed by atoms with Crippen molar-refractivity contribution in [3.05, 3.63) is 77.2 Å². The van der Waals surface area contributed by atoms with Gasteiger partial charge in [0.05, 0.1) is 17.1 Å². The molecule has 0 fully saturated rings. The molecule has 11 heteroatoms. The number of aryl methyl sites for hydroxylation is 1. The van der Waals surface area contributed by atoms with E-state index in [1.165, 1.54) is 33.6 Å². The Balaban J connectivity index is 0.000000255. The molecule has 0 radical (unpaired) electrons. The van der Waals surface area contributed by atoms with E-state index in [0.717, 1.165) is 30.7 Å². The second-order valence-electron chi connectivity index (χ2n) is 9.95. The Kier molecular flexibility index (Phi) is 9.23. The first-order valence-electron chi connectivity index (χ1n) is 13.5. The van der Waals surface area contributed by atoms with Crippen molar-refractivity contribution in [1.29, 1.82) is 0 Å². The molecular formula is C29H36F2N8O. The Morgan fingerprint density at radius 2 is 2.00 bits per heavy atom. The molecule has 1 atom stereocenters. The highest BCUT2D eigenvalue weighted by atomic mass is 19.3. The number of nitrogens with zero attached hydrogens (tertiary/aromatic N) is 7. The van der Waals surface area contributed by atoms with Crippen LogP contribution in [0.3, 0.4) is 0 Å². The molecular weight excluding hydrogens is 514 g/mol. The van der Waals surface area contributed by atoms with Crippen molar-refractivity contribution in [2.75, 3.05) is 13.1 Å². The average molecular weight is 551 g/mol. The van der Waals surface area contributed by atoms with E-state index < -0.39 is 6.43 Å². The molecule has 0 aliphatic carbocycles. The number of pyridine rings is 1. The second kappa shape index (κ2) is 12.8. The second-order valence-corrected chi connectivity index (χ2v) is 9.95. The lowest BCUT2D eigenvalue weighted by molar-refractivity contribution is -0.124. The van der Waals surface area contributed by atoms with E-state index in [0.29, 0.717) is 24.3 Å². The van der Waals surface area contributed by atoms with Gasteiger partial charge in [0.2, 0.25) is 0 Å². The maximum Gasteiger partial charge on any atom is 0.280 e. The Morgan fingerprint density at radius 1 is 1.20 bits per heavy atom. The van der Waals surface area contributed by atoms with Crippen molar-refractivity contribution in [3.8, 4) is 0 Å². The van der Waals surface area contributed by atoms with E-state index in [-0.39, 0.29) is 17.5 Å². The predicted molar refractivity (Wildman–Crippen MR) is 152 cm³/mol. The first-order chi connectivity index (χ1) is 19.2. The predicted octanol–water partition coefficient (Wildman–Crippen LogP) is 5.29. The largest absolute Gasteiger partial charge is 0.365 e. The van der Waals surface area contributed by atoms with Gasteiger partial charge in [-0.1, -0.05) is 25.5 Å². The van der Waals surface area contributed by atoms with Crippen molar-refractivity contribution < 1.29 is 13.6 Å². The third kappa shape index (κ3) is 6.35. The number of allylic oxidation sites excluding steroid dienone is 1. The van der Waals surface area contributed by atoms with E-state index in [1.807, 2.05) is 24.2 Å². The zero-order chi connectivity index (χ0) is 28.8. The van der Waals surface area contributed by atoms with E-state index in [1.54, 1.807) is 22.9 Å². The first-order valence-corrected chi connectivity index (χ1v) is 13.5. The summed E-state index contributed by atoms with van der Waals surface area (Å²) < 4.78 is 27.6. The molecule has 1 unspecified atom stereocenters. The molecule has 1 amide bonds. The molecule has 212 valence electrons. The molecule has 3 aromatic heterocycles. The normalized spacial score (nSPS) is 17.6. The van der Waals surface area contributed by atoms with Gasteiger partial charge in [-0.05, 0) is 62.7 Å². The summed E-state index contributed by atoms with van der Waals surface area (Å²) in [6.45, 7) is 9.71. The first kappa shape index (κ1) is 28.8. The van der Waals surface area contributed by atoms with Crippen LogP contribution in [-0.2, 0) is 11.8 Å². The number of hydrogen-bond donors (Lipinski definition) is 1. The van der Waals surface area contributed by atoms with E-state index in [9.17, 15) is 13.6 Å². The minimum Gasteiger partial charge on any atom is -0.365 e. The smallest absolute Gasteiger partial charge is 0.280 e. The fourth-order valence-electron chi connectivity index (χ4n) is 4.64. The topological polar surface area (TPSA) is 92.2 Å². The number of aromatic nitrogens is 4. The Hall–Kier alpha value is -4.15. The van der Waals surface area contributed by atoms with Crippen LogP contribution < -0.4 is 5.32 Å². The van der Waals surface area contributed by atoms with Gasteiger partial charge in [-0.25, -0.2) is 13.3 Å². The summed E-state index contributed by atoms with van der Waals surface area (Å²) in [4.78, 5) is 15.0. The molecule has 0 bridgehead atoms. The Morgan fingerprint density at radius 3 is 2.65 bits per heavy atom. The molecule has 2 aliphatic heterocycles. The molecule has 0 spiro atoms. The molecule has 3 aromatic rings. The van der Waals surface area contributed by atoms with Crippen LogP contribution in [0.1, 0.15) is 64.8 Å². The maximum atomic E-state index is 13.2. The lowest BCUT2D eigenvalue weighted by Crippen LogP contribution is -2.44. The van der Waals surface area contributed by atoms with Gasteiger partial charge >= 0.3 is 0 Å². The number of rotatable bonds is 7. The number of amides is 1. The van der Waals surface area contributed by atoms with Gasteiger partial charge in [-0.15, -0.1) is 5.10 Å². The van der Waals surface area contributed by atoms with Crippen LogP contribution in [0.5, 0.6) is 0 Å². The summed E-state index contributed by atoms with van der Waals surface area (Å²) in [5.74, 6) is -0.110. The molecule has 0 aromatic carbocycles. The number of hydrogen-bond acceptors (Lipinski definition) is 6. The minimum absolute atomic E-state index is 0.0137. The number of halogens is 2. The van der Waals surface area contributed by atoms with Crippen molar-refractivity contribution in [1.82, 2.24) is 29.6 Å². The minimum atomic E-state index is -2.48. The summed E-state index contributed by atoms with van der Waals surface area (Å²) in [6, 6.07) is 8.30. The average Bonchev–Trinajstić information content (AvgIpc) is 3.70. The van der Waals surface area contributed by atoms with Crippen molar-refractivity contribution in [2.45, 2.75) is 53.4 Å². The standard InChI is InChI=1S/C21H30N6O.C8H6F2N2/c1-6-14(3)12-22-17-9-11-27(13-15(17)4)21(28)20-16(7-2)19(23-24-20)18-8-10-26(5)25-18;9-8(10)7-3-1-2-6-4-5-11-12(6)7/h8,10,12,16,22H,6-7,9,11,13H2,1-5H3;1-5,8H. The van der Waals surface area contributed by atoms with Crippen LogP contribution in [0.15, 0.2) is 76.0 Å². The number of fused-ring (bicyclic) bond motifs is 1. The fourth-order valence-corrected chi connectivity index (χ4v) is 4.64. The van der Waals surface area contributed by atoms with Crippen LogP contribution >= 0.6 is 0 Å². The molecule has 0 saturated carbocycles. The van der Waals surface area contributed by atoms with E-state index >= 15 is 0 Å². The van der Waals surface area contributed by atoms with Gasteiger partial charge in [0.1, 0.15) is 17.1 Å². The molecule has 40 heavy (non-hydrogen) atoms. The quantitative estimate of drug-likeness (QED) is 0.433. The van der Waals surface area contributed by atoms with Crippen molar-refractivity contribution >= 4 is 22.8 Å². The van der Waals surface area contributed by atoms with Gasteiger partial charge in [-0.3, -0.25) is 9.48 Å². The van der Waals surface area contributed by atoms with Gasteiger partial charge in [0.15, 0.2) is 0 Å². The van der Waals surface area contributed by atoms with Gasteiger partial charge in [0.25, 0.3) is 12.3 Å². The summed E-state index contributed by atoms with van der Waals surface area (Å²) in [5.41, 5.74) is 6.45. The van der Waals surface area contributed by atoms with E-state index in [4.69, 9.17) is 0 Å². The molecule has 1 N–H and O–H groups in total. The fraction of sp³-hybridized carbons (Fsp3) is 0.414. The highest BCUT2D eigenvalue weighted by Gasteiger charge is 2.35. The number of alkyl halides is 2. The van der Waals surface area contributed by atoms with Gasteiger partial charge in [0, 0.05) is 44.6 Å². The van der Waals surface area contributed by atoms with Crippen LogP contribution in [0.25, 0.3) is 5.52 Å². The summed E-state index contributed by atoms with van der Waals surface area (Å²) in [5, 5.41) is 20.2. The lowest BCUT2D eigenvalue weighted by atomic mass is 9.92. The zero-order valence-corrected chi connectivity index (χ0v) is 23.6.